The summed E-state index contributed by atoms with van der Waals surface area (Å²) in [6.45, 7) is 3.99. The van der Waals surface area contributed by atoms with Crippen LogP contribution >= 0.6 is 12.4 Å². The quantitative estimate of drug-likeness (QED) is 0.818. The molecule has 0 aliphatic carbocycles. The van der Waals surface area contributed by atoms with E-state index in [0.29, 0.717) is 12.1 Å². The first-order valence-electron chi connectivity index (χ1n) is 5.05. The van der Waals surface area contributed by atoms with E-state index < -0.39 is 5.54 Å². The van der Waals surface area contributed by atoms with Gasteiger partial charge in [-0.1, -0.05) is 0 Å². The van der Waals surface area contributed by atoms with E-state index in [9.17, 15) is 9.59 Å². The molecule has 5 nitrogen and oxygen atoms in total. The lowest BCUT2D eigenvalue weighted by atomic mass is 10.1. The zero-order valence-electron chi connectivity index (χ0n) is 10.2. The summed E-state index contributed by atoms with van der Waals surface area (Å²) in [5.74, 6) is -0.284. The van der Waals surface area contributed by atoms with Gasteiger partial charge in [-0.05, 0) is 19.9 Å². The SMILES string of the molecule is Cl.Cn1ccc(C(=O)NC(C)(C)CN)cc1=O. The molecule has 0 saturated carbocycles. The molecule has 0 atom stereocenters. The van der Waals surface area contributed by atoms with Crippen molar-refractivity contribution in [2.24, 2.45) is 12.8 Å². The van der Waals surface area contributed by atoms with Crippen molar-refractivity contribution < 1.29 is 4.79 Å². The number of halogens is 1. The number of nitrogens with one attached hydrogen (secondary N) is 1. The highest BCUT2D eigenvalue weighted by Gasteiger charge is 2.19. The van der Waals surface area contributed by atoms with E-state index in [4.69, 9.17) is 5.73 Å². The molecule has 0 bridgehead atoms. The van der Waals surface area contributed by atoms with Crippen molar-refractivity contribution in [3.05, 3.63) is 34.2 Å². The van der Waals surface area contributed by atoms with Gasteiger partial charge in [-0.2, -0.15) is 0 Å². The minimum Gasteiger partial charge on any atom is -0.346 e. The van der Waals surface area contributed by atoms with E-state index in [0.717, 1.165) is 0 Å². The molecule has 1 aromatic rings. The summed E-state index contributed by atoms with van der Waals surface area (Å²) in [5.41, 5.74) is 5.17. The van der Waals surface area contributed by atoms with Gasteiger partial charge in [0.2, 0.25) is 0 Å². The largest absolute Gasteiger partial charge is 0.346 e. The number of hydrogen-bond acceptors (Lipinski definition) is 3. The molecule has 0 saturated heterocycles. The molecule has 1 heterocycles. The maximum atomic E-state index is 11.8. The molecule has 0 aromatic carbocycles. The van der Waals surface area contributed by atoms with E-state index in [2.05, 4.69) is 5.32 Å². The average molecular weight is 260 g/mol. The number of aromatic nitrogens is 1. The average Bonchev–Trinajstić information content (AvgIpc) is 2.21. The Balaban J connectivity index is 0.00000256. The van der Waals surface area contributed by atoms with Crippen LogP contribution in [0.25, 0.3) is 0 Å². The molecule has 3 N–H and O–H groups in total. The Morgan fingerprint density at radius 1 is 1.53 bits per heavy atom. The minimum atomic E-state index is -0.474. The van der Waals surface area contributed by atoms with Gasteiger partial charge in [0.15, 0.2) is 0 Å². The van der Waals surface area contributed by atoms with Crippen molar-refractivity contribution in [1.82, 2.24) is 9.88 Å². The fraction of sp³-hybridized carbons (Fsp3) is 0.455. The molecule has 17 heavy (non-hydrogen) atoms. The third kappa shape index (κ3) is 4.20. The van der Waals surface area contributed by atoms with Crippen LogP contribution in [0, 0.1) is 0 Å². The van der Waals surface area contributed by atoms with Crippen molar-refractivity contribution in [1.29, 1.82) is 0 Å². The number of pyridine rings is 1. The summed E-state index contributed by atoms with van der Waals surface area (Å²) in [6, 6.07) is 2.91. The molecule has 1 aromatic heterocycles. The number of nitrogens with zero attached hydrogens (tertiary/aromatic N) is 1. The Kier molecular flexibility index (Phi) is 5.38. The van der Waals surface area contributed by atoms with E-state index in [-0.39, 0.29) is 23.9 Å². The van der Waals surface area contributed by atoms with Crippen molar-refractivity contribution in [3.63, 3.8) is 0 Å². The second kappa shape index (κ2) is 5.84. The summed E-state index contributed by atoms with van der Waals surface area (Å²) in [6.07, 6.45) is 1.56. The van der Waals surface area contributed by atoms with Gasteiger partial charge in [0.05, 0.1) is 0 Å². The molecular formula is C11H18ClN3O2. The third-order valence-electron chi connectivity index (χ3n) is 2.33. The molecule has 0 unspecified atom stereocenters. The lowest BCUT2D eigenvalue weighted by Crippen LogP contribution is -2.49. The van der Waals surface area contributed by atoms with Crippen LogP contribution in [0.5, 0.6) is 0 Å². The summed E-state index contributed by atoms with van der Waals surface area (Å²) in [5, 5.41) is 2.76. The normalized spacial score (nSPS) is 10.6. The van der Waals surface area contributed by atoms with Crippen molar-refractivity contribution in [3.8, 4) is 0 Å². The van der Waals surface area contributed by atoms with E-state index >= 15 is 0 Å². The van der Waals surface area contributed by atoms with Gasteiger partial charge in [-0.3, -0.25) is 9.59 Å². The zero-order valence-corrected chi connectivity index (χ0v) is 11.0. The highest BCUT2D eigenvalue weighted by atomic mass is 35.5. The first kappa shape index (κ1) is 15.7. The Morgan fingerprint density at radius 2 is 2.12 bits per heavy atom. The molecule has 0 radical (unpaired) electrons. The fourth-order valence-electron chi connectivity index (χ4n) is 1.12. The van der Waals surface area contributed by atoms with Crippen LogP contribution in [0.1, 0.15) is 24.2 Å². The Bertz CT molecular complexity index is 454. The molecule has 1 amide bonds. The first-order chi connectivity index (χ1) is 7.35. The van der Waals surface area contributed by atoms with Crippen molar-refractivity contribution in [2.75, 3.05) is 6.54 Å². The summed E-state index contributed by atoms with van der Waals surface area (Å²) in [7, 11) is 1.63. The maximum Gasteiger partial charge on any atom is 0.251 e. The number of rotatable bonds is 3. The van der Waals surface area contributed by atoms with E-state index in [1.807, 2.05) is 13.8 Å². The van der Waals surface area contributed by atoms with Gasteiger partial charge in [-0.25, -0.2) is 0 Å². The van der Waals surface area contributed by atoms with Gasteiger partial charge in [0.1, 0.15) is 0 Å². The van der Waals surface area contributed by atoms with Crippen LogP contribution < -0.4 is 16.6 Å². The summed E-state index contributed by atoms with van der Waals surface area (Å²) < 4.78 is 1.41. The van der Waals surface area contributed by atoms with E-state index in [1.165, 1.54) is 10.6 Å². The van der Waals surface area contributed by atoms with Gasteiger partial charge in [0.25, 0.3) is 11.5 Å². The lowest BCUT2D eigenvalue weighted by molar-refractivity contribution is 0.0915. The molecule has 96 valence electrons. The number of nitrogens with two attached hydrogens (primary N) is 1. The number of amides is 1. The van der Waals surface area contributed by atoms with Crippen LogP contribution in [0.3, 0.4) is 0 Å². The number of aryl methyl sites for hydroxylation is 1. The first-order valence-corrected chi connectivity index (χ1v) is 5.05. The predicted octanol–water partition coefficient (Wildman–Crippen LogP) is 0.274. The molecular weight excluding hydrogens is 242 g/mol. The second-order valence-electron chi connectivity index (χ2n) is 4.41. The maximum absolute atomic E-state index is 11.8. The number of carbonyl (C=O) groups excluding carboxylic acids is 1. The van der Waals surface area contributed by atoms with Crippen molar-refractivity contribution in [2.45, 2.75) is 19.4 Å². The zero-order chi connectivity index (χ0) is 12.3. The molecule has 0 fully saturated rings. The van der Waals surface area contributed by atoms with Crippen LogP contribution in [-0.2, 0) is 7.05 Å². The van der Waals surface area contributed by atoms with Gasteiger partial charge < -0.3 is 15.6 Å². The molecule has 0 aliphatic heterocycles. The third-order valence-corrected chi connectivity index (χ3v) is 2.33. The number of carbonyl (C=O) groups is 1. The molecule has 6 heteroatoms. The molecule has 1 rings (SSSR count). The highest BCUT2D eigenvalue weighted by Crippen LogP contribution is 2.02. The summed E-state index contributed by atoms with van der Waals surface area (Å²) >= 11 is 0. The van der Waals surface area contributed by atoms with Crippen molar-refractivity contribution >= 4 is 18.3 Å². The van der Waals surface area contributed by atoms with Crippen LogP contribution in [0.2, 0.25) is 0 Å². The van der Waals surface area contributed by atoms with Crippen LogP contribution in [0.4, 0.5) is 0 Å². The summed E-state index contributed by atoms with van der Waals surface area (Å²) in [4.78, 5) is 23.1. The molecule has 0 aliphatic rings. The Morgan fingerprint density at radius 3 is 2.59 bits per heavy atom. The standard InChI is InChI=1S/C11H17N3O2.ClH/c1-11(2,7-12)13-10(16)8-4-5-14(3)9(15)6-8;/h4-6H,7,12H2,1-3H3,(H,13,16);1H. The molecule has 0 spiro atoms. The van der Waals surface area contributed by atoms with Gasteiger partial charge in [-0.15, -0.1) is 12.4 Å². The Hall–Kier alpha value is -1.33. The predicted molar refractivity (Wildman–Crippen MR) is 69.5 cm³/mol. The minimum absolute atomic E-state index is 0. The van der Waals surface area contributed by atoms with Crippen LogP contribution in [0.15, 0.2) is 23.1 Å². The van der Waals surface area contributed by atoms with Gasteiger partial charge in [0, 0.05) is 37.0 Å². The van der Waals surface area contributed by atoms with Crippen LogP contribution in [-0.4, -0.2) is 22.6 Å². The lowest BCUT2D eigenvalue weighted by Gasteiger charge is -2.24. The Labute approximate surface area is 106 Å². The van der Waals surface area contributed by atoms with E-state index in [1.54, 1.807) is 19.3 Å². The monoisotopic (exact) mass is 259 g/mol. The topological polar surface area (TPSA) is 77.1 Å². The smallest absolute Gasteiger partial charge is 0.251 e. The fourth-order valence-corrected chi connectivity index (χ4v) is 1.12. The van der Waals surface area contributed by atoms with Gasteiger partial charge >= 0.3 is 0 Å². The second-order valence-corrected chi connectivity index (χ2v) is 4.41. The highest BCUT2D eigenvalue weighted by molar-refractivity contribution is 5.94. The number of hydrogen-bond donors (Lipinski definition) is 2.